The smallest absolute Gasteiger partial charge is 0.280 e. The van der Waals surface area contributed by atoms with Crippen LogP contribution in [0.15, 0.2) is 42.6 Å². The van der Waals surface area contributed by atoms with E-state index >= 15 is 0 Å². The van der Waals surface area contributed by atoms with Crippen LogP contribution in [-0.2, 0) is 0 Å². The summed E-state index contributed by atoms with van der Waals surface area (Å²) in [4.78, 5) is 16.9. The summed E-state index contributed by atoms with van der Waals surface area (Å²) in [6.07, 6.45) is 0.489. The highest BCUT2D eigenvalue weighted by atomic mass is 19.3. The van der Waals surface area contributed by atoms with E-state index in [0.717, 1.165) is 23.0 Å². The van der Waals surface area contributed by atoms with Crippen LogP contribution in [-0.4, -0.2) is 33.6 Å². The third-order valence-corrected chi connectivity index (χ3v) is 4.50. The number of alkyl halides is 2. The van der Waals surface area contributed by atoms with Crippen molar-refractivity contribution in [1.82, 2.24) is 19.9 Å². The zero-order valence-corrected chi connectivity index (χ0v) is 14.5. The van der Waals surface area contributed by atoms with Crippen molar-refractivity contribution < 1.29 is 13.6 Å². The molecular weight excluding hydrogens is 352 g/mol. The van der Waals surface area contributed by atoms with Crippen molar-refractivity contribution in [3.63, 3.8) is 0 Å². The zero-order valence-electron chi connectivity index (χ0n) is 14.5. The van der Waals surface area contributed by atoms with Crippen molar-refractivity contribution in [2.75, 3.05) is 18.4 Å². The number of anilines is 1. The van der Waals surface area contributed by atoms with Crippen LogP contribution in [0.1, 0.15) is 46.9 Å². The Hall–Kier alpha value is -3.03. The summed E-state index contributed by atoms with van der Waals surface area (Å²) in [5, 5.41) is 9.92. The van der Waals surface area contributed by atoms with E-state index in [-0.39, 0.29) is 28.7 Å². The van der Waals surface area contributed by atoms with Gasteiger partial charge in [-0.15, -0.1) is 0 Å². The highest BCUT2D eigenvalue weighted by molar-refractivity contribution is 5.99. The van der Waals surface area contributed by atoms with Gasteiger partial charge in [0.1, 0.15) is 11.3 Å². The first kappa shape index (κ1) is 17.4. The van der Waals surface area contributed by atoms with Crippen LogP contribution in [0.2, 0.25) is 0 Å². The molecule has 140 valence electrons. The molecule has 2 N–H and O–H groups in total. The van der Waals surface area contributed by atoms with Crippen LogP contribution in [0.3, 0.4) is 0 Å². The van der Waals surface area contributed by atoms with Gasteiger partial charge in [-0.2, -0.15) is 5.10 Å². The van der Waals surface area contributed by atoms with E-state index < -0.39 is 6.43 Å². The number of para-hydroxylation sites is 1. The van der Waals surface area contributed by atoms with Gasteiger partial charge in [-0.25, -0.2) is 18.3 Å². The highest BCUT2D eigenvalue weighted by Crippen LogP contribution is 2.40. The molecule has 0 radical (unpaired) electrons. The molecular formula is C19H19F2N5O. The van der Waals surface area contributed by atoms with Gasteiger partial charge in [-0.05, 0) is 31.0 Å². The lowest BCUT2D eigenvalue weighted by molar-refractivity contribution is 0.0956. The number of carbonyl (C=O) groups excluding carboxylic acids is 1. The average molecular weight is 371 g/mol. The summed E-state index contributed by atoms with van der Waals surface area (Å²) >= 11 is 0. The van der Waals surface area contributed by atoms with E-state index in [0.29, 0.717) is 18.8 Å². The van der Waals surface area contributed by atoms with E-state index in [1.54, 1.807) is 0 Å². The third-order valence-electron chi connectivity index (χ3n) is 4.50. The molecule has 0 unspecified atom stereocenters. The predicted molar refractivity (Wildman–Crippen MR) is 97.2 cm³/mol. The summed E-state index contributed by atoms with van der Waals surface area (Å²) < 4.78 is 27.8. The number of nitrogens with one attached hydrogen (secondary N) is 2. The van der Waals surface area contributed by atoms with E-state index in [1.165, 1.54) is 12.3 Å². The molecule has 1 aromatic carbocycles. The summed E-state index contributed by atoms with van der Waals surface area (Å²) in [5.74, 6) is -0.172. The second kappa shape index (κ2) is 7.30. The Morgan fingerprint density at radius 3 is 2.70 bits per heavy atom. The lowest BCUT2D eigenvalue weighted by Gasteiger charge is -2.09. The number of halogens is 2. The maximum atomic E-state index is 13.4. The molecule has 0 atom stereocenters. The van der Waals surface area contributed by atoms with E-state index in [1.807, 2.05) is 30.3 Å². The Bertz CT molecular complexity index is 953. The first-order valence-electron chi connectivity index (χ1n) is 8.87. The third kappa shape index (κ3) is 3.74. The molecule has 8 heteroatoms. The normalized spacial score (nSPS) is 13.9. The van der Waals surface area contributed by atoms with Crippen LogP contribution in [0.25, 0.3) is 5.65 Å². The molecule has 3 aromatic rings. The average Bonchev–Trinajstić information content (AvgIpc) is 3.44. The van der Waals surface area contributed by atoms with Gasteiger partial charge in [-0.1, -0.05) is 18.2 Å². The molecule has 2 aromatic heterocycles. The van der Waals surface area contributed by atoms with Crippen LogP contribution in [0.4, 0.5) is 14.5 Å². The summed E-state index contributed by atoms with van der Waals surface area (Å²) in [6.45, 7) is 0.924. The Balaban J connectivity index is 1.48. The number of rotatable bonds is 7. The number of nitrogens with zero attached hydrogens (tertiary/aromatic N) is 3. The van der Waals surface area contributed by atoms with Gasteiger partial charge in [0.2, 0.25) is 0 Å². The number of aromatic nitrogens is 3. The van der Waals surface area contributed by atoms with Crippen molar-refractivity contribution in [2.45, 2.75) is 25.2 Å². The molecule has 0 aliphatic heterocycles. The molecule has 4 rings (SSSR count). The topological polar surface area (TPSA) is 71.3 Å². The molecule has 1 fully saturated rings. The van der Waals surface area contributed by atoms with Crippen LogP contribution in [0, 0.1) is 0 Å². The number of fused-ring (bicyclic) bond motifs is 1. The molecule has 6 nitrogen and oxygen atoms in total. The molecule has 0 saturated heterocycles. The lowest BCUT2D eigenvalue weighted by atomic mass is 10.2. The molecule has 1 amide bonds. The minimum atomic E-state index is -2.68. The van der Waals surface area contributed by atoms with Gasteiger partial charge in [0.25, 0.3) is 12.3 Å². The first-order valence-corrected chi connectivity index (χ1v) is 8.87. The minimum absolute atomic E-state index is 0.184. The van der Waals surface area contributed by atoms with Gasteiger partial charge in [0, 0.05) is 30.4 Å². The second-order valence-electron chi connectivity index (χ2n) is 6.52. The van der Waals surface area contributed by atoms with Crippen molar-refractivity contribution in [1.29, 1.82) is 0 Å². The zero-order chi connectivity index (χ0) is 18.8. The maximum Gasteiger partial charge on any atom is 0.280 e. The van der Waals surface area contributed by atoms with Crippen molar-refractivity contribution in [3.8, 4) is 0 Å². The largest absolute Gasteiger partial charge is 0.383 e. The number of amides is 1. The van der Waals surface area contributed by atoms with Gasteiger partial charge in [0.05, 0.1) is 6.20 Å². The van der Waals surface area contributed by atoms with Crippen molar-refractivity contribution in [3.05, 3.63) is 59.5 Å². The minimum Gasteiger partial charge on any atom is -0.383 e. The number of hydrogen-bond donors (Lipinski definition) is 2. The Kier molecular flexibility index (Phi) is 4.70. The molecule has 1 saturated carbocycles. The number of carbonyl (C=O) groups is 1. The molecule has 2 heterocycles. The number of benzene rings is 1. The summed E-state index contributed by atoms with van der Waals surface area (Å²) in [7, 11) is 0. The van der Waals surface area contributed by atoms with Gasteiger partial charge < -0.3 is 10.6 Å². The van der Waals surface area contributed by atoms with Crippen molar-refractivity contribution in [2.24, 2.45) is 0 Å². The van der Waals surface area contributed by atoms with E-state index in [4.69, 9.17) is 0 Å². The lowest BCUT2D eigenvalue weighted by Crippen LogP contribution is -2.28. The fourth-order valence-electron chi connectivity index (χ4n) is 2.94. The SMILES string of the molecule is O=C(NCCNc1ccccc1)c1cnn2c(C(F)F)cc(C3CC3)nc12. The second-order valence-corrected chi connectivity index (χ2v) is 6.52. The van der Waals surface area contributed by atoms with Crippen LogP contribution >= 0.6 is 0 Å². The highest BCUT2D eigenvalue weighted by Gasteiger charge is 2.29. The van der Waals surface area contributed by atoms with Crippen molar-refractivity contribution >= 4 is 17.2 Å². The van der Waals surface area contributed by atoms with E-state index in [9.17, 15) is 13.6 Å². The standard InChI is InChI=1S/C19H19F2N5O/c20-17(21)16-10-15(12-6-7-12)25-18-14(11-24-26(16)18)19(27)23-9-8-22-13-4-2-1-3-5-13/h1-5,10-12,17,22H,6-9H2,(H,23,27). The summed E-state index contributed by atoms with van der Waals surface area (Å²) in [5.41, 5.74) is 1.73. The first-order chi connectivity index (χ1) is 13.1. The van der Waals surface area contributed by atoms with Crippen LogP contribution in [0.5, 0.6) is 0 Å². The Labute approximate surface area is 154 Å². The Morgan fingerprint density at radius 1 is 1.22 bits per heavy atom. The fourth-order valence-corrected chi connectivity index (χ4v) is 2.94. The predicted octanol–water partition coefficient (Wildman–Crippen LogP) is 3.39. The molecule has 0 spiro atoms. The fraction of sp³-hybridized carbons (Fsp3) is 0.316. The monoisotopic (exact) mass is 371 g/mol. The molecule has 27 heavy (non-hydrogen) atoms. The van der Waals surface area contributed by atoms with Crippen LogP contribution < -0.4 is 10.6 Å². The van der Waals surface area contributed by atoms with Gasteiger partial charge in [-0.3, -0.25) is 4.79 Å². The molecule has 1 aliphatic rings. The number of hydrogen-bond acceptors (Lipinski definition) is 4. The summed E-state index contributed by atoms with van der Waals surface area (Å²) in [6, 6.07) is 11.0. The molecule has 1 aliphatic carbocycles. The maximum absolute atomic E-state index is 13.4. The van der Waals surface area contributed by atoms with Gasteiger partial charge in [0.15, 0.2) is 5.65 Å². The van der Waals surface area contributed by atoms with E-state index in [2.05, 4.69) is 20.7 Å². The molecule has 0 bridgehead atoms. The quantitative estimate of drug-likeness (QED) is 0.625. The van der Waals surface area contributed by atoms with Gasteiger partial charge >= 0.3 is 0 Å². The Morgan fingerprint density at radius 2 is 2.00 bits per heavy atom.